The number of ether oxygens (including phenoxy) is 2. The molecule has 2 aromatic carbocycles. The van der Waals surface area contributed by atoms with Gasteiger partial charge in [0.25, 0.3) is 5.91 Å². The summed E-state index contributed by atoms with van der Waals surface area (Å²) in [5, 5.41) is 8.10. The summed E-state index contributed by atoms with van der Waals surface area (Å²) in [6.45, 7) is 1.92. The van der Waals surface area contributed by atoms with Crippen molar-refractivity contribution in [3.8, 4) is 22.8 Å². The van der Waals surface area contributed by atoms with Gasteiger partial charge in [-0.3, -0.25) is 9.48 Å². The second-order valence-electron chi connectivity index (χ2n) is 7.28. The molecule has 0 aliphatic carbocycles. The standard InChI is InChI=1S/C24H24N4O3/c1-15(19-11-17(30-3)9-10-23(19)31-4)26-24(29)20-12-22(16-13-25-28(2)14-16)27-21-8-6-5-7-18(20)21/h5-15H,1-4H3,(H,26,29). The fourth-order valence-corrected chi connectivity index (χ4v) is 3.59. The zero-order chi connectivity index (χ0) is 22.0. The fourth-order valence-electron chi connectivity index (χ4n) is 3.59. The number of methoxy groups -OCH3 is 2. The van der Waals surface area contributed by atoms with Gasteiger partial charge >= 0.3 is 0 Å². The first-order valence-corrected chi connectivity index (χ1v) is 9.91. The van der Waals surface area contributed by atoms with E-state index in [1.165, 1.54) is 0 Å². The zero-order valence-corrected chi connectivity index (χ0v) is 17.9. The first-order valence-electron chi connectivity index (χ1n) is 9.91. The number of rotatable bonds is 6. The van der Waals surface area contributed by atoms with Crippen molar-refractivity contribution in [3.05, 3.63) is 72.1 Å². The van der Waals surface area contributed by atoms with Gasteiger partial charge in [0.15, 0.2) is 0 Å². The molecular formula is C24H24N4O3. The molecule has 4 rings (SSSR count). The number of amides is 1. The number of hydrogen-bond donors (Lipinski definition) is 1. The number of fused-ring (bicyclic) bond motifs is 1. The molecule has 0 aliphatic heterocycles. The summed E-state index contributed by atoms with van der Waals surface area (Å²) in [6, 6.07) is 14.7. The van der Waals surface area contributed by atoms with Crippen LogP contribution in [0, 0.1) is 0 Å². The predicted molar refractivity (Wildman–Crippen MR) is 119 cm³/mol. The van der Waals surface area contributed by atoms with Crippen LogP contribution < -0.4 is 14.8 Å². The van der Waals surface area contributed by atoms with Crippen molar-refractivity contribution in [2.75, 3.05) is 14.2 Å². The van der Waals surface area contributed by atoms with Crippen LogP contribution in [0.3, 0.4) is 0 Å². The van der Waals surface area contributed by atoms with Crippen LogP contribution in [0.4, 0.5) is 0 Å². The number of benzene rings is 2. The van der Waals surface area contributed by atoms with E-state index < -0.39 is 0 Å². The van der Waals surface area contributed by atoms with Gasteiger partial charge in [0.05, 0.1) is 43.2 Å². The maximum atomic E-state index is 13.4. The number of carbonyl (C=O) groups excluding carboxylic acids is 1. The van der Waals surface area contributed by atoms with Gasteiger partial charge in [-0.1, -0.05) is 18.2 Å². The molecule has 0 spiro atoms. The smallest absolute Gasteiger partial charge is 0.252 e. The van der Waals surface area contributed by atoms with Crippen LogP contribution in [0.25, 0.3) is 22.2 Å². The van der Waals surface area contributed by atoms with Crippen molar-refractivity contribution in [2.45, 2.75) is 13.0 Å². The normalized spacial score (nSPS) is 11.9. The molecule has 2 aromatic heterocycles. The maximum Gasteiger partial charge on any atom is 0.252 e. The van der Waals surface area contributed by atoms with E-state index in [0.717, 1.165) is 22.0 Å². The average molecular weight is 416 g/mol. The van der Waals surface area contributed by atoms with E-state index in [1.54, 1.807) is 25.1 Å². The van der Waals surface area contributed by atoms with E-state index in [1.807, 2.05) is 68.7 Å². The number of aryl methyl sites for hydroxylation is 1. The molecule has 1 atom stereocenters. The van der Waals surface area contributed by atoms with Gasteiger partial charge < -0.3 is 14.8 Å². The van der Waals surface area contributed by atoms with Gasteiger partial charge in [-0.25, -0.2) is 4.98 Å². The third-order valence-electron chi connectivity index (χ3n) is 5.21. The Morgan fingerprint density at radius 2 is 1.90 bits per heavy atom. The number of nitrogens with zero attached hydrogens (tertiary/aromatic N) is 3. The average Bonchev–Trinajstić information content (AvgIpc) is 3.24. The van der Waals surface area contributed by atoms with Gasteiger partial charge in [0, 0.05) is 29.8 Å². The van der Waals surface area contributed by atoms with Crippen LogP contribution in [0.2, 0.25) is 0 Å². The number of carbonyl (C=O) groups is 1. The third kappa shape index (κ3) is 4.07. The third-order valence-corrected chi connectivity index (χ3v) is 5.21. The van der Waals surface area contributed by atoms with E-state index in [2.05, 4.69) is 10.4 Å². The molecule has 4 aromatic rings. The molecule has 2 heterocycles. The summed E-state index contributed by atoms with van der Waals surface area (Å²) < 4.78 is 12.5. The molecule has 7 nitrogen and oxygen atoms in total. The second-order valence-corrected chi connectivity index (χ2v) is 7.28. The Morgan fingerprint density at radius 1 is 1.10 bits per heavy atom. The number of nitrogens with one attached hydrogen (secondary N) is 1. The molecule has 1 N–H and O–H groups in total. The lowest BCUT2D eigenvalue weighted by molar-refractivity contribution is 0.0941. The van der Waals surface area contributed by atoms with Crippen LogP contribution in [-0.2, 0) is 7.05 Å². The maximum absolute atomic E-state index is 13.4. The molecule has 1 amide bonds. The Kier molecular flexibility index (Phi) is 5.58. The molecule has 0 fully saturated rings. The number of pyridine rings is 1. The van der Waals surface area contributed by atoms with Crippen LogP contribution in [0.15, 0.2) is 60.9 Å². The van der Waals surface area contributed by atoms with Crippen molar-refractivity contribution < 1.29 is 14.3 Å². The van der Waals surface area contributed by atoms with Crippen LogP contribution >= 0.6 is 0 Å². The SMILES string of the molecule is COc1ccc(OC)c(C(C)NC(=O)c2cc(-c3cnn(C)c3)nc3ccccc23)c1. The largest absolute Gasteiger partial charge is 0.497 e. The van der Waals surface area contributed by atoms with Crippen molar-refractivity contribution >= 4 is 16.8 Å². The summed E-state index contributed by atoms with van der Waals surface area (Å²) in [4.78, 5) is 18.1. The van der Waals surface area contributed by atoms with E-state index in [0.29, 0.717) is 22.8 Å². The molecular weight excluding hydrogens is 392 g/mol. The highest BCUT2D eigenvalue weighted by molar-refractivity contribution is 6.07. The Morgan fingerprint density at radius 3 is 2.61 bits per heavy atom. The van der Waals surface area contributed by atoms with Crippen molar-refractivity contribution in [1.29, 1.82) is 0 Å². The summed E-state index contributed by atoms with van der Waals surface area (Å²) in [5.74, 6) is 1.19. The lowest BCUT2D eigenvalue weighted by Gasteiger charge is -2.19. The summed E-state index contributed by atoms with van der Waals surface area (Å²) >= 11 is 0. The minimum absolute atomic E-state index is 0.193. The van der Waals surface area contributed by atoms with Gasteiger partial charge in [-0.05, 0) is 37.3 Å². The number of aromatic nitrogens is 3. The van der Waals surface area contributed by atoms with Gasteiger partial charge in [-0.15, -0.1) is 0 Å². The highest BCUT2D eigenvalue weighted by Crippen LogP contribution is 2.30. The van der Waals surface area contributed by atoms with Gasteiger partial charge in [0.1, 0.15) is 11.5 Å². The second kappa shape index (κ2) is 8.47. The lowest BCUT2D eigenvalue weighted by Crippen LogP contribution is -2.27. The first kappa shape index (κ1) is 20.4. The Hall–Kier alpha value is -3.87. The monoisotopic (exact) mass is 416 g/mol. The predicted octanol–water partition coefficient (Wildman–Crippen LogP) is 4.14. The van der Waals surface area contributed by atoms with Crippen molar-refractivity contribution in [1.82, 2.24) is 20.1 Å². The number of para-hydroxylation sites is 1. The summed E-state index contributed by atoms with van der Waals surface area (Å²) in [7, 11) is 5.07. The molecule has 0 aliphatic rings. The topological polar surface area (TPSA) is 78.3 Å². The Bertz CT molecular complexity index is 1250. The van der Waals surface area contributed by atoms with Crippen molar-refractivity contribution in [3.63, 3.8) is 0 Å². The highest BCUT2D eigenvalue weighted by atomic mass is 16.5. The van der Waals surface area contributed by atoms with Crippen molar-refractivity contribution in [2.24, 2.45) is 7.05 Å². The molecule has 0 radical (unpaired) electrons. The zero-order valence-electron chi connectivity index (χ0n) is 17.9. The minimum atomic E-state index is -0.300. The minimum Gasteiger partial charge on any atom is -0.497 e. The van der Waals surface area contributed by atoms with Gasteiger partial charge in [0.2, 0.25) is 0 Å². The molecule has 158 valence electrons. The van der Waals surface area contributed by atoms with E-state index in [-0.39, 0.29) is 11.9 Å². The molecule has 7 heteroatoms. The highest BCUT2D eigenvalue weighted by Gasteiger charge is 2.19. The van der Waals surface area contributed by atoms with E-state index in [9.17, 15) is 4.79 Å². The first-order chi connectivity index (χ1) is 15.0. The van der Waals surface area contributed by atoms with Gasteiger partial charge in [-0.2, -0.15) is 5.10 Å². The number of hydrogen-bond acceptors (Lipinski definition) is 5. The van der Waals surface area contributed by atoms with Crippen LogP contribution in [-0.4, -0.2) is 34.9 Å². The van der Waals surface area contributed by atoms with E-state index >= 15 is 0 Å². The molecule has 1 unspecified atom stereocenters. The van der Waals surface area contributed by atoms with E-state index in [4.69, 9.17) is 14.5 Å². The van der Waals surface area contributed by atoms with Crippen LogP contribution in [0.1, 0.15) is 28.9 Å². The van der Waals surface area contributed by atoms with Crippen LogP contribution in [0.5, 0.6) is 11.5 Å². The molecule has 0 saturated carbocycles. The molecule has 0 saturated heterocycles. The Labute approximate surface area is 180 Å². The lowest BCUT2D eigenvalue weighted by atomic mass is 10.0. The quantitative estimate of drug-likeness (QED) is 0.511. The fraction of sp³-hybridized carbons (Fsp3) is 0.208. The molecule has 0 bridgehead atoms. The Balaban J connectivity index is 1.72. The summed E-state index contributed by atoms with van der Waals surface area (Å²) in [6.07, 6.45) is 3.62. The molecule has 31 heavy (non-hydrogen) atoms. The summed E-state index contributed by atoms with van der Waals surface area (Å²) in [5.41, 5.74) is 3.69.